The van der Waals surface area contributed by atoms with E-state index in [1.54, 1.807) is 12.1 Å². The maximum Gasteiger partial charge on any atom is 0.174 e. The van der Waals surface area contributed by atoms with Gasteiger partial charge < -0.3 is 4.74 Å². The van der Waals surface area contributed by atoms with Crippen LogP contribution in [0.1, 0.15) is 5.56 Å². The summed E-state index contributed by atoms with van der Waals surface area (Å²) in [7, 11) is 0. The van der Waals surface area contributed by atoms with E-state index >= 15 is 0 Å². The van der Waals surface area contributed by atoms with Crippen LogP contribution in [0.25, 0.3) is 0 Å². The van der Waals surface area contributed by atoms with Crippen molar-refractivity contribution in [2.24, 2.45) is 0 Å². The van der Waals surface area contributed by atoms with E-state index < -0.39 is 0 Å². The molecule has 0 radical (unpaired) electrons. The van der Waals surface area contributed by atoms with Gasteiger partial charge in [-0.2, -0.15) is 5.26 Å². The maximum atomic E-state index is 8.25. The normalized spacial score (nSPS) is 9.08. The van der Waals surface area contributed by atoms with Crippen molar-refractivity contribution in [3.63, 3.8) is 0 Å². The summed E-state index contributed by atoms with van der Waals surface area (Å²) in [6.45, 7) is 1.97. The van der Waals surface area contributed by atoms with Gasteiger partial charge in [0.15, 0.2) is 6.61 Å². The molecule has 2 nitrogen and oxygen atoms in total. The molecule has 0 aliphatic carbocycles. The van der Waals surface area contributed by atoms with Gasteiger partial charge in [0.1, 0.15) is 11.8 Å². The Morgan fingerprint density at radius 3 is 2.92 bits per heavy atom. The molecule has 0 aliphatic heterocycles. The number of hydrogen-bond donors (Lipinski definition) is 0. The van der Waals surface area contributed by atoms with Gasteiger partial charge in [-0.1, -0.05) is 17.7 Å². The molecule has 3 heteroatoms. The van der Waals surface area contributed by atoms with Crippen molar-refractivity contribution in [2.75, 3.05) is 6.61 Å². The number of hydrogen-bond acceptors (Lipinski definition) is 2. The number of aryl methyl sites for hydroxylation is 1. The van der Waals surface area contributed by atoms with Crippen LogP contribution >= 0.6 is 11.6 Å². The first kappa shape index (κ1) is 8.89. The molecule has 12 heavy (non-hydrogen) atoms. The number of halogens is 1. The summed E-state index contributed by atoms with van der Waals surface area (Å²) < 4.78 is 5.05. The predicted octanol–water partition coefficient (Wildman–Crippen LogP) is 2.55. The van der Waals surface area contributed by atoms with Gasteiger partial charge in [0.05, 0.1) is 5.02 Å². The fraction of sp³-hybridized carbons (Fsp3) is 0.222. The van der Waals surface area contributed by atoms with Gasteiger partial charge in [0, 0.05) is 0 Å². The average Bonchev–Trinajstić information content (AvgIpc) is 2.03. The highest BCUT2D eigenvalue weighted by Crippen LogP contribution is 2.24. The summed E-state index contributed by atoms with van der Waals surface area (Å²) in [6, 6.07) is 7.32. The highest BCUT2D eigenvalue weighted by molar-refractivity contribution is 6.32. The molecule has 0 heterocycles. The minimum absolute atomic E-state index is 0.0305. The summed E-state index contributed by atoms with van der Waals surface area (Å²) in [5, 5.41) is 8.80. The Morgan fingerprint density at radius 1 is 1.58 bits per heavy atom. The molecule has 0 unspecified atom stereocenters. The highest BCUT2D eigenvalue weighted by atomic mass is 35.5. The second kappa shape index (κ2) is 3.99. The van der Waals surface area contributed by atoms with E-state index in [1.807, 2.05) is 19.1 Å². The molecule has 1 aromatic rings. The van der Waals surface area contributed by atoms with E-state index in [4.69, 9.17) is 21.6 Å². The van der Waals surface area contributed by atoms with Gasteiger partial charge in [-0.25, -0.2) is 0 Å². The smallest absolute Gasteiger partial charge is 0.174 e. The average molecular weight is 182 g/mol. The molecule has 0 fully saturated rings. The lowest BCUT2D eigenvalue weighted by molar-refractivity contribution is 0.368. The molecule has 1 rings (SSSR count). The summed E-state index contributed by atoms with van der Waals surface area (Å²) in [4.78, 5) is 0. The SMILES string of the molecule is Cc1ccc(OCC#N)c(Cl)c1. The number of nitrogens with zero attached hydrogens (tertiary/aromatic N) is 1. The molecule has 0 atom stereocenters. The van der Waals surface area contributed by atoms with E-state index in [2.05, 4.69) is 0 Å². The second-order valence-electron chi connectivity index (χ2n) is 2.38. The first-order valence-corrected chi connectivity index (χ1v) is 3.87. The molecular weight excluding hydrogens is 174 g/mol. The van der Waals surface area contributed by atoms with E-state index in [0.717, 1.165) is 5.56 Å². The van der Waals surface area contributed by atoms with Crippen molar-refractivity contribution in [3.8, 4) is 11.8 Å². The van der Waals surface area contributed by atoms with Crippen molar-refractivity contribution in [2.45, 2.75) is 6.92 Å². The lowest BCUT2D eigenvalue weighted by atomic mass is 10.2. The Hall–Kier alpha value is -1.20. The molecule has 62 valence electrons. The lowest BCUT2D eigenvalue weighted by Crippen LogP contribution is -1.93. The monoisotopic (exact) mass is 181 g/mol. The molecule has 0 saturated carbocycles. The van der Waals surface area contributed by atoms with Crippen molar-refractivity contribution >= 4 is 11.6 Å². The quantitative estimate of drug-likeness (QED) is 0.703. The van der Waals surface area contributed by atoms with Gasteiger partial charge in [0.2, 0.25) is 0 Å². The first-order chi connectivity index (χ1) is 5.74. The highest BCUT2D eigenvalue weighted by Gasteiger charge is 1.99. The Bertz CT molecular complexity index is 317. The molecular formula is C9H8ClNO. The minimum Gasteiger partial charge on any atom is -0.477 e. The molecule has 0 bridgehead atoms. The zero-order valence-electron chi connectivity index (χ0n) is 6.67. The first-order valence-electron chi connectivity index (χ1n) is 3.50. The van der Waals surface area contributed by atoms with E-state index in [1.165, 1.54) is 0 Å². The van der Waals surface area contributed by atoms with Crippen molar-refractivity contribution in [1.82, 2.24) is 0 Å². The zero-order valence-corrected chi connectivity index (χ0v) is 7.43. The number of ether oxygens (including phenoxy) is 1. The molecule has 0 spiro atoms. The third-order valence-electron chi connectivity index (χ3n) is 1.38. The molecule has 0 aliphatic rings. The number of benzene rings is 1. The molecule has 0 aromatic heterocycles. The Kier molecular flexibility index (Phi) is 2.95. The lowest BCUT2D eigenvalue weighted by Gasteiger charge is -2.03. The minimum atomic E-state index is 0.0305. The standard InChI is InChI=1S/C9H8ClNO/c1-7-2-3-9(8(10)6-7)12-5-4-11/h2-3,6H,5H2,1H3. The number of nitriles is 1. The van der Waals surface area contributed by atoms with Crippen LogP contribution in [0.3, 0.4) is 0 Å². The fourth-order valence-electron chi connectivity index (χ4n) is 0.833. The van der Waals surface area contributed by atoms with Crippen LogP contribution in [-0.4, -0.2) is 6.61 Å². The molecule has 0 saturated heterocycles. The van der Waals surface area contributed by atoms with E-state index in [9.17, 15) is 0 Å². The van der Waals surface area contributed by atoms with Crippen LogP contribution < -0.4 is 4.74 Å². The van der Waals surface area contributed by atoms with Crippen LogP contribution in [0.2, 0.25) is 5.02 Å². The van der Waals surface area contributed by atoms with Gasteiger partial charge in [-0.15, -0.1) is 0 Å². The topological polar surface area (TPSA) is 33.0 Å². The van der Waals surface area contributed by atoms with Gasteiger partial charge in [-0.05, 0) is 24.6 Å². The van der Waals surface area contributed by atoms with E-state index in [0.29, 0.717) is 10.8 Å². The van der Waals surface area contributed by atoms with Crippen LogP contribution in [0.15, 0.2) is 18.2 Å². The molecule has 1 aromatic carbocycles. The number of rotatable bonds is 2. The summed E-state index contributed by atoms with van der Waals surface area (Å²) >= 11 is 5.83. The van der Waals surface area contributed by atoms with Gasteiger partial charge in [-0.3, -0.25) is 0 Å². The van der Waals surface area contributed by atoms with Crippen LogP contribution in [-0.2, 0) is 0 Å². The molecule has 0 amide bonds. The van der Waals surface area contributed by atoms with Crippen LogP contribution in [0, 0.1) is 18.3 Å². The maximum absolute atomic E-state index is 8.25. The van der Waals surface area contributed by atoms with Crippen molar-refractivity contribution in [3.05, 3.63) is 28.8 Å². The van der Waals surface area contributed by atoms with Crippen molar-refractivity contribution in [1.29, 1.82) is 5.26 Å². The summed E-state index contributed by atoms with van der Waals surface area (Å²) in [5.41, 5.74) is 1.07. The Morgan fingerprint density at radius 2 is 2.33 bits per heavy atom. The van der Waals surface area contributed by atoms with Crippen molar-refractivity contribution < 1.29 is 4.74 Å². The zero-order chi connectivity index (χ0) is 8.97. The third-order valence-corrected chi connectivity index (χ3v) is 1.67. The Labute approximate surface area is 76.3 Å². The predicted molar refractivity (Wildman–Crippen MR) is 47.3 cm³/mol. The summed E-state index contributed by atoms with van der Waals surface area (Å²) in [5.74, 6) is 0.559. The van der Waals surface area contributed by atoms with E-state index in [-0.39, 0.29) is 6.61 Å². The Balaban J connectivity index is 2.81. The largest absolute Gasteiger partial charge is 0.477 e. The fourth-order valence-corrected chi connectivity index (χ4v) is 1.12. The molecule has 0 N–H and O–H groups in total. The summed E-state index contributed by atoms with van der Waals surface area (Å²) in [6.07, 6.45) is 0. The van der Waals surface area contributed by atoms with Gasteiger partial charge in [0.25, 0.3) is 0 Å². The van der Waals surface area contributed by atoms with Gasteiger partial charge >= 0.3 is 0 Å². The van der Waals surface area contributed by atoms with Crippen LogP contribution in [0.5, 0.6) is 5.75 Å². The van der Waals surface area contributed by atoms with Crippen LogP contribution in [0.4, 0.5) is 0 Å². The third kappa shape index (κ3) is 2.14. The second-order valence-corrected chi connectivity index (χ2v) is 2.79.